The van der Waals surface area contributed by atoms with Gasteiger partial charge in [0.2, 0.25) is 5.91 Å². The standard InChI is InChI=1S/C38H47F3N8O5/c1-35(2,3)38(41,36(4,5)6)24-11-9-23(10-12-24)32(51)45-20-27(42)33(52)44-17-8-18-54-25-13-14-28-26(19-25)31(48-22-47-28)34(53)46-21-30(50)49-29(43-7)15-16-37(49,39)40/h9-14,19,22,27,29H,8,15-18,20-21,42H2,1-6H3,(H,44,52)(H,45,51)(H,46,53)/t27-,29+/m1/s1. The van der Waals surface area contributed by atoms with Gasteiger partial charge in [0.25, 0.3) is 17.7 Å². The van der Waals surface area contributed by atoms with Gasteiger partial charge in [0.15, 0.2) is 0 Å². The quantitative estimate of drug-likeness (QED) is 0.110. The van der Waals surface area contributed by atoms with Crippen LogP contribution in [0.1, 0.15) is 87.2 Å². The number of alkyl halides is 3. The van der Waals surface area contributed by atoms with E-state index in [1.807, 2.05) is 41.5 Å². The molecule has 4 rings (SSSR count). The number of nitrogens with two attached hydrogens (primary N) is 1. The maximum atomic E-state index is 16.4. The highest BCUT2D eigenvalue weighted by Crippen LogP contribution is 2.54. The number of likely N-dealkylation sites (tertiary alicyclic amines) is 1. The summed E-state index contributed by atoms with van der Waals surface area (Å²) >= 11 is 0. The minimum absolute atomic E-state index is 0.110. The molecule has 2 aromatic carbocycles. The minimum atomic E-state index is -3.47. The van der Waals surface area contributed by atoms with Gasteiger partial charge in [-0.2, -0.15) is 8.78 Å². The second-order valence-electron chi connectivity index (χ2n) is 15.2. The first kappa shape index (κ1) is 41.5. The predicted octanol–water partition coefficient (Wildman–Crippen LogP) is 4.72. The molecule has 0 aliphatic carbocycles. The van der Waals surface area contributed by atoms with Crippen molar-refractivity contribution >= 4 is 34.5 Å². The Balaban J connectivity index is 1.23. The van der Waals surface area contributed by atoms with Crippen LogP contribution in [-0.2, 0) is 15.3 Å². The lowest BCUT2D eigenvalue weighted by Crippen LogP contribution is -2.48. The van der Waals surface area contributed by atoms with Crippen molar-refractivity contribution in [3.63, 3.8) is 0 Å². The number of rotatable bonds is 13. The normalized spacial score (nSPS) is 16.3. The molecular formula is C38H47F3N8O5. The maximum absolute atomic E-state index is 16.4. The van der Waals surface area contributed by atoms with Gasteiger partial charge in [0, 0.05) is 41.3 Å². The molecule has 1 aromatic heterocycles. The van der Waals surface area contributed by atoms with Crippen LogP contribution in [0.5, 0.6) is 5.75 Å². The predicted molar refractivity (Wildman–Crippen MR) is 195 cm³/mol. The van der Waals surface area contributed by atoms with Gasteiger partial charge in [-0.15, -0.1) is 0 Å². The first-order valence-electron chi connectivity index (χ1n) is 17.5. The molecule has 5 N–H and O–H groups in total. The van der Waals surface area contributed by atoms with E-state index in [0.29, 0.717) is 28.8 Å². The molecule has 1 fully saturated rings. The summed E-state index contributed by atoms with van der Waals surface area (Å²) in [5.74, 6) is -2.48. The highest BCUT2D eigenvalue weighted by Gasteiger charge is 2.54. The lowest BCUT2D eigenvalue weighted by atomic mass is 9.61. The first-order chi connectivity index (χ1) is 25.2. The van der Waals surface area contributed by atoms with E-state index in [4.69, 9.17) is 17.0 Å². The van der Waals surface area contributed by atoms with E-state index < -0.39 is 71.3 Å². The van der Waals surface area contributed by atoms with Crippen molar-refractivity contribution in [2.45, 2.75) is 84.7 Å². The number of hydrogen-bond donors (Lipinski definition) is 4. The fraction of sp³-hybridized carbons (Fsp3) is 0.500. The zero-order valence-corrected chi connectivity index (χ0v) is 31.3. The molecule has 0 unspecified atom stereocenters. The van der Waals surface area contributed by atoms with Gasteiger partial charge in [-0.25, -0.2) is 25.8 Å². The smallest absolute Gasteiger partial charge is 0.333 e. The summed E-state index contributed by atoms with van der Waals surface area (Å²) in [6.07, 6.45) is -0.561. The first-order valence-corrected chi connectivity index (χ1v) is 17.5. The zero-order valence-electron chi connectivity index (χ0n) is 31.3. The molecule has 0 spiro atoms. The lowest BCUT2D eigenvalue weighted by molar-refractivity contribution is -0.165. The molecule has 1 aliphatic rings. The number of ether oxygens (including phenoxy) is 1. The topological polar surface area (TPSA) is 173 Å². The van der Waals surface area contributed by atoms with Gasteiger partial charge in [-0.05, 0) is 42.3 Å². The number of fused-ring (bicyclic) bond motifs is 1. The van der Waals surface area contributed by atoms with E-state index >= 15 is 4.39 Å². The second kappa shape index (κ2) is 16.4. The molecule has 1 aliphatic heterocycles. The number of hydrogen-bond acceptors (Lipinski definition) is 8. The summed E-state index contributed by atoms with van der Waals surface area (Å²) in [5, 5.41) is 7.92. The van der Waals surface area contributed by atoms with E-state index in [1.165, 1.54) is 6.07 Å². The van der Waals surface area contributed by atoms with Crippen LogP contribution in [0.15, 0.2) is 48.8 Å². The van der Waals surface area contributed by atoms with Crippen LogP contribution in [0.2, 0.25) is 0 Å². The molecule has 4 amide bonds. The Morgan fingerprint density at radius 2 is 1.67 bits per heavy atom. The fourth-order valence-corrected chi connectivity index (χ4v) is 6.72. The summed E-state index contributed by atoms with van der Waals surface area (Å²) in [7, 11) is 0. The number of nitrogens with one attached hydrogen (secondary N) is 3. The Kier molecular flexibility index (Phi) is 12.6. The molecule has 2 heterocycles. The van der Waals surface area contributed by atoms with Gasteiger partial charge in [-0.1, -0.05) is 53.7 Å². The molecular weight excluding hydrogens is 705 g/mol. The van der Waals surface area contributed by atoms with Crippen molar-refractivity contribution in [1.29, 1.82) is 0 Å². The van der Waals surface area contributed by atoms with Gasteiger partial charge < -0.3 is 26.4 Å². The Bertz CT molecular complexity index is 1890. The molecule has 2 atom stereocenters. The Hall–Kier alpha value is -5.30. The summed E-state index contributed by atoms with van der Waals surface area (Å²) < 4.78 is 50.6. The Labute approximate surface area is 312 Å². The second-order valence-corrected chi connectivity index (χ2v) is 15.2. The molecule has 290 valence electrons. The van der Waals surface area contributed by atoms with Crippen LogP contribution in [0.25, 0.3) is 15.7 Å². The number of halogens is 3. The Morgan fingerprint density at radius 1 is 1.00 bits per heavy atom. The number of benzene rings is 2. The van der Waals surface area contributed by atoms with E-state index in [9.17, 15) is 28.0 Å². The van der Waals surface area contributed by atoms with Crippen molar-refractivity contribution in [2.24, 2.45) is 16.6 Å². The van der Waals surface area contributed by atoms with Gasteiger partial charge in [0.1, 0.15) is 29.5 Å². The van der Waals surface area contributed by atoms with Crippen molar-refractivity contribution in [3.8, 4) is 5.75 Å². The molecule has 54 heavy (non-hydrogen) atoms. The van der Waals surface area contributed by atoms with Crippen LogP contribution in [-0.4, -0.2) is 83.0 Å². The SMILES string of the molecule is [C-]#[N+][C@@H]1CCC(F)(F)N1C(=O)CNC(=O)c1ncnc2ccc(OCCCNC(=O)[C@H](N)CNC(=O)c3ccc(C(F)(C(C)(C)C)C(C)(C)C)cc3)cc12. The van der Waals surface area contributed by atoms with Gasteiger partial charge in [-0.3, -0.25) is 24.0 Å². The third-order valence-corrected chi connectivity index (χ3v) is 9.31. The molecule has 13 nitrogen and oxygen atoms in total. The van der Waals surface area contributed by atoms with Crippen LogP contribution < -0.4 is 26.4 Å². The summed E-state index contributed by atoms with van der Waals surface area (Å²) in [6.45, 7) is 17.6. The van der Waals surface area contributed by atoms with Crippen molar-refractivity contribution in [2.75, 3.05) is 26.2 Å². The molecule has 16 heteroatoms. The largest absolute Gasteiger partial charge is 0.494 e. The van der Waals surface area contributed by atoms with Gasteiger partial charge in [0.05, 0.1) is 25.1 Å². The van der Waals surface area contributed by atoms with Crippen molar-refractivity contribution in [1.82, 2.24) is 30.8 Å². The van der Waals surface area contributed by atoms with Crippen LogP contribution in [0.3, 0.4) is 0 Å². The average molecular weight is 753 g/mol. The monoisotopic (exact) mass is 752 g/mol. The zero-order chi connectivity index (χ0) is 40.1. The van der Waals surface area contributed by atoms with Crippen molar-refractivity contribution < 1.29 is 37.1 Å². The molecule has 0 saturated carbocycles. The molecule has 1 saturated heterocycles. The fourth-order valence-electron chi connectivity index (χ4n) is 6.72. The van der Waals surface area contributed by atoms with Crippen LogP contribution in [0, 0.1) is 17.4 Å². The average Bonchev–Trinajstić information content (AvgIpc) is 3.44. The van der Waals surface area contributed by atoms with E-state index in [1.54, 1.807) is 36.4 Å². The highest BCUT2D eigenvalue weighted by molar-refractivity contribution is 6.05. The summed E-state index contributed by atoms with van der Waals surface area (Å²) in [6, 6.07) is 6.56. The third kappa shape index (κ3) is 9.07. The number of carbonyl (C=O) groups is 4. The number of aromatic nitrogens is 2. The maximum Gasteiger partial charge on any atom is 0.333 e. The van der Waals surface area contributed by atoms with E-state index in [0.717, 1.165) is 6.33 Å². The lowest BCUT2D eigenvalue weighted by Gasteiger charge is -2.47. The van der Waals surface area contributed by atoms with E-state index in [-0.39, 0.29) is 42.1 Å². The highest BCUT2D eigenvalue weighted by atomic mass is 19.3. The molecule has 0 bridgehead atoms. The summed E-state index contributed by atoms with van der Waals surface area (Å²) in [4.78, 5) is 62.2. The molecule has 0 radical (unpaired) electrons. The van der Waals surface area contributed by atoms with Crippen LogP contribution in [0.4, 0.5) is 13.2 Å². The Morgan fingerprint density at radius 3 is 2.30 bits per heavy atom. The number of carbonyl (C=O) groups excluding carboxylic acids is 4. The number of amides is 4. The number of nitrogens with zero attached hydrogens (tertiary/aromatic N) is 4. The van der Waals surface area contributed by atoms with Crippen molar-refractivity contribution in [3.05, 3.63) is 77.0 Å². The summed E-state index contributed by atoms with van der Waals surface area (Å²) in [5.41, 5.74) is 3.99. The third-order valence-electron chi connectivity index (χ3n) is 9.31. The minimum Gasteiger partial charge on any atom is -0.494 e. The van der Waals surface area contributed by atoms with Gasteiger partial charge >= 0.3 is 12.2 Å². The van der Waals surface area contributed by atoms with Crippen LogP contribution >= 0.6 is 0 Å². The molecule has 3 aromatic rings. The van der Waals surface area contributed by atoms with E-state index in [2.05, 4.69) is 30.8 Å².